The van der Waals surface area contributed by atoms with Crippen molar-refractivity contribution in [2.45, 2.75) is 38.5 Å². The quantitative estimate of drug-likeness (QED) is 0.283. The summed E-state index contributed by atoms with van der Waals surface area (Å²) < 4.78 is 25.9. The van der Waals surface area contributed by atoms with Crippen molar-refractivity contribution in [1.29, 1.82) is 0 Å². The zero-order valence-corrected chi connectivity index (χ0v) is 10.7. The number of hydrogen-bond donors (Lipinski definition) is 3. The van der Waals surface area contributed by atoms with Crippen molar-refractivity contribution in [3.8, 4) is 0 Å². The lowest BCUT2D eigenvalue weighted by Crippen LogP contribution is -2.33. The van der Waals surface area contributed by atoms with Gasteiger partial charge in [-0.2, -0.15) is 0 Å². The Morgan fingerprint density at radius 3 is 2.59 bits per heavy atom. The van der Waals surface area contributed by atoms with Crippen LogP contribution in [0.1, 0.15) is 38.5 Å². The molecule has 0 heterocycles. The van der Waals surface area contributed by atoms with E-state index < -0.39 is 10.0 Å². The fourth-order valence-electron chi connectivity index (χ4n) is 2.11. The molecule has 1 rings (SSSR count). The minimum Gasteiger partial charge on any atom is -0.409 e. The molecule has 0 aromatic heterocycles. The van der Waals surface area contributed by atoms with Crippen molar-refractivity contribution in [2.24, 2.45) is 16.8 Å². The van der Waals surface area contributed by atoms with Gasteiger partial charge in [-0.05, 0) is 18.8 Å². The molecule has 4 N–H and O–H groups in total. The van der Waals surface area contributed by atoms with Gasteiger partial charge in [0.2, 0.25) is 10.0 Å². The van der Waals surface area contributed by atoms with Gasteiger partial charge in [-0.15, -0.1) is 0 Å². The Balaban J connectivity index is 2.30. The monoisotopic (exact) mass is 263 g/mol. The molecular weight excluding hydrogens is 242 g/mol. The predicted octanol–water partition coefficient (Wildman–Crippen LogP) is 0.623. The molecule has 0 aromatic carbocycles. The summed E-state index contributed by atoms with van der Waals surface area (Å²) in [5, 5.41) is 11.1. The van der Waals surface area contributed by atoms with E-state index in [1.807, 2.05) is 0 Å². The molecule has 0 saturated heterocycles. The molecule has 0 spiro atoms. The first-order valence-corrected chi connectivity index (χ1v) is 7.62. The lowest BCUT2D eigenvalue weighted by Gasteiger charge is -2.21. The van der Waals surface area contributed by atoms with E-state index >= 15 is 0 Å². The van der Waals surface area contributed by atoms with E-state index in [2.05, 4.69) is 9.88 Å². The molecule has 0 bridgehead atoms. The van der Waals surface area contributed by atoms with E-state index in [1.165, 1.54) is 6.42 Å². The largest absolute Gasteiger partial charge is 0.409 e. The second kappa shape index (κ2) is 6.80. The topological polar surface area (TPSA) is 105 Å². The number of sulfonamides is 1. The molecule has 1 fully saturated rings. The normalized spacial score (nSPS) is 19.4. The standard InChI is InChI=1S/C10H21N3O3S/c11-10(13-14)6-7-12-17(15,16)8-9-4-2-1-3-5-9/h9,12,14H,1-8H2,(H2,11,13). The maximum absolute atomic E-state index is 11.7. The maximum atomic E-state index is 11.7. The van der Waals surface area contributed by atoms with Gasteiger partial charge in [0, 0.05) is 13.0 Å². The lowest BCUT2D eigenvalue weighted by atomic mass is 9.91. The number of nitrogens with zero attached hydrogens (tertiary/aromatic N) is 1. The summed E-state index contributed by atoms with van der Waals surface area (Å²) in [6, 6.07) is 0. The fraction of sp³-hybridized carbons (Fsp3) is 0.900. The van der Waals surface area contributed by atoms with Crippen molar-refractivity contribution in [3.63, 3.8) is 0 Å². The second-order valence-corrected chi connectivity index (χ2v) is 6.37. The molecule has 0 radical (unpaired) electrons. The van der Waals surface area contributed by atoms with Gasteiger partial charge in [0.1, 0.15) is 5.84 Å². The number of nitrogens with two attached hydrogens (primary N) is 1. The Morgan fingerprint density at radius 2 is 2.00 bits per heavy atom. The molecule has 17 heavy (non-hydrogen) atoms. The van der Waals surface area contributed by atoms with E-state index in [9.17, 15) is 8.42 Å². The highest BCUT2D eigenvalue weighted by Gasteiger charge is 2.20. The Labute approximate surface area is 102 Å². The number of nitrogens with one attached hydrogen (secondary N) is 1. The molecular formula is C10H21N3O3S. The zero-order chi connectivity index (χ0) is 12.7. The fourth-order valence-corrected chi connectivity index (χ4v) is 3.59. The first kappa shape index (κ1) is 14.2. The average Bonchev–Trinajstić information content (AvgIpc) is 2.29. The van der Waals surface area contributed by atoms with E-state index in [4.69, 9.17) is 10.9 Å². The van der Waals surface area contributed by atoms with Gasteiger partial charge >= 0.3 is 0 Å². The van der Waals surface area contributed by atoms with Crippen molar-refractivity contribution in [1.82, 2.24) is 4.72 Å². The summed E-state index contributed by atoms with van der Waals surface area (Å²) in [6.45, 7) is 0.185. The van der Waals surface area contributed by atoms with Crippen molar-refractivity contribution in [2.75, 3.05) is 12.3 Å². The van der Waals surface area contributed by atoms with Crippen LogP contribution in [0.3, 0.4) is 0 Å². The van der Waals surface area contributed by atoms with Crippen molar-refractivity contribution in [3.05, 3.63) is 0 Å². The van der Waals surface area contributed by atoms with Crippen molar-refractivity contribution < 1.29 is 13.6 Å². The van der Waals surface area contributed by atoms with Crippen LogP contribution < -0.4 is 10.5 Å². The smallest absolute Gasteiger partial charge is 0.211 e. The Hall–Kier alpha value is -0.820. The molecule has 1 saturated carbocycles. The highest BCUT2D eigenvalue weighted by Crippen LogP contribution is 2.24. The van der Waals surface area contributed by atoms with Crippen LogP contribution in [0.25, 0.3) is 0 Å². The SMILES string of the molecule is NC(CCNS(=O)(=O)CC1CCCCC1)=NO. The van der Waals surface area contributed by atoms with E-state index in [0.717, 1.165) is 25.7 Å². The summed E-state index contributed by atoms with van der Waals surface area (Å²) in [4.78, 5) is 0. The molecule has 0 unspecified atom stereocenters. The molecule has 6 nitrogen and oxygen atoms in total. The molecule has 0 aromatic rings. The minimum absolute atomic E-state index is 0.0327. The molecule has 0 atom stereocenters. The lowest BCUT2D eigenvalue weighted by molar-refractivity contribution is 0.317. The summed E-state index contributed by atoms with van der Waals surface area (Å²) in [5.74, 6) is 0.513. The molecule has 1 aliphatic carbocycles. The van der Waals surface area contributed by atoms with Crippen LogP contribution in [0.4, 0.5) is 0 Å². The number of oxime groups is 1. The number of amidine groups is 1. The minimum atomic E-state index is -3.23. The van der Waals surface area contributed by atoms with Crippen LogP contribution in [0.15, 0.2) is 5.16 Å². The van der Waals surface area contributed by atoms with Crippen LogP contribution in [0.5, 0.6) is 0 Å². The summed E-state index contributed by atoms with van der Waals surface area (Å²) in [6.07, 6.45) is 5.70. The van der Waals surface area contributed by atoms with Gasteiger partial charge in [0.15, 0.2) is 0 Å². The summed E-state index contributed by atoms with van der Waals surface area (Å²) in [5.41, 5.74) is 5.25. The third-order valence-corrected chi connectivity index (χ3v) is 4.57. The molecule has 0 aliphatic heterocycles. The average molecular weight is 263 g/mol. The van der Waals surface area contributed by atoms with Gasteiger partial charge in [0.05, 0.1) is 5.75 Å². The first-order chi connectivity index (χ1) is 8.03. The van der Waals surface area contributed by atoms with Crippen molar-refractivity contribution >= 4 is 15.9 Å². The van der Waals surface area contributed by atoms with E-state index in [-0.39, 0.29) is 30.5 Å². The van der Waals surface area contributed by atoms with Gasteiger partial charge in [-0.25, -0.2) is 13.1 Å². The number of rotatable bonds is 6. The Bertz CT molecular complexity index is 348. The van der Waals surface area contributed by atoms with Gasteiger partial charge in [0.25, 0.3) is 0 Å². The first-order valence-electron chi connectivity index (χ1n) is 5.97. The predicted molar refractivity (Wildman–Crippen MR) is 66.4 cm³/mol. The summed E-state index contributed by atoms with van der Waals surface area (Å²) >= 11 is 0. The van der Waals surface area contributed by atoms with Crippen LogP contribution >= 0.6 is 0 Å². The van der Waals surface area contributed by atoms with E-state index in [1.54, 1.807) is 0 Å². The van der Waals surface area contributed by atoms with Gasteiger partial charge in [-0.1, -0.05) is 24.4 Å². The zero-order valence-electron chi connectivity index (χ0n) is 9.93. The van der Waals surface area contributed by atoms with Crippen LogP contribution in [-0.4, -0.2) is 31.8 Å². The van der Waals surface area contributed by atoms with Crippen LogP contribution in [-0.2, 0) is 10.0 Å². The molecule has 100 valence electrons. The number of hydrogen-bond acceptors (Lipinski definition) is 4. The highest BCUT2D eigenvalue weighted by molar-refractivity contribution is 7.89. The highest BCUT2D eigenvalue weighted by atomic mass is 32.2. The molecule has 7 heteroatoms. The summed E-state index contributed by atoms with van der Waals surface area (Å²) in [7, 11) is -3.23. The molecule has 1 aliphatic rings. The second-order valence-electron chi connectivity index (χ2n) is 4.52. The maximum Gasteiger partial charge on any atom is 0.211 e. The third-order valence-electron chi connectivity index (χ3n) is 3.01. The molecule has 0 amide bonds. The Morgan fingerprint density at radius 1 is 1.35 bits per heavy atom. The van der Waals surface area contributed by atoms with E-state index in [0.29, 0.717) is 0 Å². The van der Waals surface area contributed by atoms with Crippen LogP contribution in [0, 0.1) is 5.92 Å². The van der Waals surface area contributed by atoms with Gasteiger partial charge < -0.3 is 10.9 Å². The Kier molecular flexibility index (Phi) is 5.70. The third kappa shape index (κ3) is 5.88. The van der Waals surface area contributed by atoms with Gasteiger partial charge in [-0.3, -0.25) is 0 Å². The van der Waals surface area contributed by atoms with Crippen LogP contribution in [0.2, 0.25) is 0 Å².